The van der Waals surface area contributed by atoms with E-state index in [2.05, 4.69) is 10.4 Å². The Morgan fingerprint density at radius 1 is 1.45 bits per heavy atom. The molecule has 0 fully saturated rings. The fourth-order valence-corrected chi connectivity index (χ4v) is 2.83. The summed E-state index contributed by atoms with van der Waals surface area (Å²) < 4.78 is 36.2. The summed E-state index contributed by atoms with van der Waals surface area (Å²) in [5.74, 6) is -0.546. The van der Waals surface area contributed by atoms with Crippen LogP contribution in [0.1, 0.15) is 23.0 Å². The first-order chi connectivity index (χ1) is 10.2. The zero-order valence-electron chi connectivity index (χ0n) is 11.8. The van der Waals surface area contributed by atoms with Gasteiger partial charge in [0.1, 0.15) is 10.0 Å². The van der Waals surface area contributed by atoms with E-state index in [-0.39, 0.29) is 16.4 Å². The number of hydrogen-bond acceptors (Lipinski definition) is 4. The van der Waals surface area contributed by atoms with Crippen molar-refractivity contribution < 1.29 is 17.1 Å². The van der Waals surface area contributed by atoms with Crippen LogP contribution in [0.4, 0.5) is 9.57 Å². The Bertz CT molecular complexity index is 833. The van der Waals surface area contributed by atoms with E-state index in [1.165, 1.54) is 16.8 Å². The molecule has 0 aliphatic heterocycles. The molecule has 1 heterocycles. The number of halogens is 2. The molecule has 0 atom stereocenters. The van der Waals surface area contributed by atoms with E-state index < -0.39 is 21.0 Å². The van der Waals surface area contributed by atoms with E-state index >= 15 is 0 Å². The van der Waals surface area contributed by atoms with E-state index in [1.54, 1.807) is 6.92 Å². The minimum absolute atomic E-state index is 0.142. The second-order valence-corrected chi connectivity index (χ2v) is 6.19. The van der Waals surface area contributed by atoms with Gasteiger partial charge in [0.05, 0.1) is 11.3 Å². The van der Waals surface area contributed by atoms with Gasteiger partial charge < -0.3 is 5.32 Å². The smallest absolute Gasteiger partial charge is 0.322 e. The number of nitrogens with one attached hydrogen (secondary N) is 1. The van der Waals surface area contributed by atoms with Gasteiger partial charge in [-0.3, -0.25) is 9.48 Å². The number of hydrogen-bond donors (Lipinski definition) is 1. The average molecular weight is 346 g/mol. The minimum atomic E-state index is -4.84. The van der Waals surface area contributed by atoms with Crippen molar-refractivity contribution in [3.63, 3.8) is 0 Å². The summed E-state index contributed by atoms with van der Waals surface area (Å²) in [6.45, 7) is 3.97. The lowest BCUT2D eigenvalue weighted by Gasteiger charge is -2.06. The Kier molecular flexibility index (Phi) is 4.52. The molecular weight excluding hydrogens is 333 g/mol. The summed E-state index contributed by atoms with van der Waals surface area (Å²) in [7, 11) is -4.84. The maximum absolute atomic E-state index is 13.0. The quantitative estimate of drug-likeness (QED) is 0.864. The molecule has 0 unspecified atom stereocenters. The summed E-state index contributed by atoms with van der Waals surface area (Å²) in [4.78, 5) is 11.7. The van der Waals surface area contributed by atoms with Crippen molar-refractivity contribution in [2.75, 3.05) is 5.32 Å². The maximum atomic E-state index is 13.0. The predicted octanol–water partition coefficient (Wildman–Crippen LogP) is 2.78. The number of carbonyl (C=O) groups excluding carboxylic acids is 1. The summed E-state index contributed by atoms with van der Waals surface area (Å²) in [5, 5.41) is 6.78. The first-order valence-corrected chi connectivity index (χ1v) is 8.09. The second-order valence-electron chi connectivity index (χ2n) is 4.49. The molecule has 118 valence electrons. The standard InChI is InChI=1S/C13H13ClFN3O3S/c1-3-18-12(14)11(8(2)17-18)13(19)16-9-5-4-6-10(7-9)22(15,20)21/h4-7H,3H2,1-2H3,(H,16,19). The van der Waals surface area contributed by atoms with Gasteiger partial charge in [0.25, 0.3) is 5.91 Å². The number of carbonyl (C=O) groups is 1. The van der Waals surface area contributed by atoms with Gasteiger partial charge in [-0.1, -0.05) is 17.7 Å². The van der Waals surface area contributed by atoms with E-state index in [4.69, 9.17) is 11.6 Å². The highest BCUT2D eigenvalue weighted by Gasteiger charge is 2.20. The van der Waals surface area contributed by atoms with E-state index in [1.807, 2.05) is 6.92 Å². The summed E-state index contributed by atoms with van der Waals surface area (Å²) in [6.07, 6.45) is 0. The third-order valence-corrected chi connectivity index (χ3v) is 4.17. The Hall–Kier alpha value is -1.93. The van der Waals surface area contributed by atoms with Crippen molar-refractivity contribution in [1.82, 2.24) is 9.78 Å². The topological polar surface area (TPSA) is 81.1 Å². The molecule has 0 radical (unpaired) electrons. The fourth-order valence-electron chi connectivity index (χ4n) is 1.94. The maximum Gasteiger partial charge on any atom is 0.332 e. The van der Waals surface area contributed by atoms with Crippen LogP contribution in [0.2, 0.25) is 5.15 Å². The van der Waals surface area contributed by atoms with Gasteiger partial charge in [0.15, 0.2) is 0 Å². The van der Waals surface area contributed by atoms with Gasteiger partial charge in [-0.25, -0.2) is 0 Å². The first kappa shape index (κ1) is 16.4. The van der Waals surface area contributed by atoms with Crippen LogP contribution in [-0.2, 0) is 16.8 Å². The summed E-state index contributed by atoms with van der Waals surface area (Å²) in [5.41, 5.74) is 0.777. The van der Waals surface area contributed by atoms with Crippen molar-refractivity contribution in [2.24, 2.45) is 0 Å². The highest BCUT2D eigenvalue weighted by atomic mass is 35.5. The number of anilines is 1. The molecule has 0 bridgehead atoms. The molecule has 0 saturated carbocycles. The van der Waals surface area contributed by atoms with Crippen LogP contribution in [0.3, 0.4) is 0 Å². The molecule has 1 N–H and O–H groups in total. The molecule has 2 rings (SSSR count). The van der Waals surface area contributed by atoms with Gasteiger partial charge in [0, 0.05) is 12.2 Å². The molecule has 1 aromatic heterocycles. The molecular formula is C13H13ClFN3O3S. The molecule has 0 saturated heterocycles. The van der Waals surface area contributed by atoms with Gasteiger partial charge in [0.2, 0.25) is 0 Å². The molecule has 2 aromatic rings. The zero-order chi connectivity index (χ0) is 16.5. The first-order valence-electron chi connectivity index (χ1n) is 6.33. The van der Waals surface area contributed by atoms with Gasteiger partial charge >= 0.3 is 10.2 Å². The van der Waals surface area contributed by atoms with Crippen LogP contribution in [-0.4, -0.2) is 24.1 Å². The number of benzene rings is 1. The van der Waals surface area contributed by atoms with Gasteiger partial charge in [-0.2, -0.15) is 13.5 Å². The summed E-state index contributed by atoms with van der Waals surface area (Å²) >= 11 is 6.08. The Balaban J connectivity index is 2.32. The van der Waals surface area contributed by atoms with E-state index in [9.17, 15) is 17.1 Å². The molecule has 0 spiro atoms. The van der Waals surface area contributed by atoms with Crippen LogP contribution in [0.25, 0.3) is 0 Å². The van der Waals surface area contributed by atoms with Crippen LogP contribution >= 0.6 is 11.6 Å². The zero-order valence-corrected chi connectivity index (χ0v) is 13.4. The third kappa shape index (κ3) is 3.28. The largest absolute Gasteiger partial charge is 0.332 e. The lowest BCUT2D eigenvalue weighted by molar-refractivity contribution is 0.102. The van der Waals surface area contributed by atoms with E-state index in [0.717, 1.165) is 12.1 Å². The van der Waals surface area contributed by atoms with Crippen LogP contribution in [0.15, 0.2) is 29.2 Å². The minimum Gasteiger partial charge on any atom is -0.322 e. The van der Waals surface area contributed by atoms with Crippen LogP contribution in [0.5, 0.6) is 0 Å². The fraction of sp³-hybridized carbons (Fsp3) is 0.231. The molecule has 0 aliphatic carbocycles. The molecule has 1 amide bonds. The lowest BCUT2D eigenvalue weighted by atomic mass is 10.2. The summed E-state index contributed by atoms with van der Waals surface area (Å²) in [6, 6.07) is 4.89. The SMILES string of the molecule is CCn1nc(C)c(C(=O)Nc2cccc(S(=O)(=O)F)c2)c1Cl. The number of nitrogens with zero attached hydrogens (tertiary/aromatic N) is 2. The number of aromatic nitrogens is 2. The highest BCUT2D eigenvalue weighted by molar-refractivity contribution is 7.86. The van der Waals surface area contributed by atoms with Crippen molar-refractivity contribution in [3.8, 4) is 0 Å². The second kappa shape index (κ2) is 6.05. The van der Waals surface area contributed by atoms with Crippen molar-refractivity contribution >= 4 is 33.4 Å². The molecule has 1 aromatic carbocycles. The highest BCUT2D eigenvalue weighted by Crippen LogP contribution is 2.22. The van der Waals surface area contributed by atoms with Crippen molar-refractivity contribution in [2.45, 2.75) is 25.3 Å². The number of rotatable bonds is 4. The van der Waals surface area contributed by atoms with Crippen molar-refractivity contribution in [1.29, 1.82) is 0 Å². The average Bonchev–Trinajstić information content (AvgIpc) is 2.72. The van der Waals surface area contributed by atoms with Crippen LogP contribution in [0, 0.1) is 6.92 Å². The lowest BCUT2D eigenvalue weighted by Crippen LogP contribution is -2.13. The van der Waals surface area contributed by atoms with Crippen LogP contribution < -0.4 is 5.32 Å². The Morgan fingerprint density at radius 3 is 2.68 bits per heavy atom. The molecule has 9 heteroatoms. The van der Waals surface area contributed by atoms with Gasteiger partial charge in [-0.05, 0) is 32.0 Å². The monoisotopic (exact) mass is 345 g/mol. The van der Waals surface area contributed by atoms with Gasteiger partial charge in [-0.15, -0.1) is 3.89 Å². The molecule has 6 nitrogen and oxygen atoms in total. The molecule has 0 aliphatic rings. The third-order valence-electron chi connectivity index (χ3n) is 2.97. The predicted molar refractivity (Wildman–Crippen MR) is 80.3 cm³/mol. The van der Waals surface area contributed by atoms with Crippen molar-refractivity contribution in [3.05, 3.63) is 40.7 Å². The number of aryl methyl sites for hydroxylation is 2. The Labute approximate surface area is 132 Å². The Morgan fingerprint density at radius 2 is 2.14 bits per heavy atom. The number of amides is 1. The normalized spacial score (nSPS) is 11.5. The van der Waals surface area contributed by atoms with E-state index in [0.29, 0.717) is 12.2 Å². The molecule has 22 heavy (non-hydrogen) atoms.